The van der Waals surface area contributed by atoms with Gasteiger partial charge in [-0.1, -0.05) is 0 Å². The number of likely N-dealkylation sites (tertiary alicyclic amines) is 1. The molecule has 0 aliphatic carbocycles. The first kappa shape index (κ1) is 14.6. The summed E-state index contributed by atoms with van der Waals surface area (Å²) in [5.74, 6) is -1.99. The van der Waals surface area contributed by atoms with Crippen molar-refractivity contribution in [3.63, 3.8) is 0 Å². The largest absolute Gasteiger partial charge is 0.376 e. The fourth-order valence-electron chi connectivity index (χ4n) is 2.53. The van der Waals surface area contributed by atoms with E-state index in [0.717, 1.165) is 32.0 Å². The van der Waals surface area contributed by atoms with E-state index < -0.39 is 22.2 Å². The Bertz CT molecular complexity index is 505. The molecule has 1 aromatic rings. The maximum atomic E-state index is 13.5. The van der Waals surface area contributed by atoms with Gasteiger partial charge in [0.05, 0.1) is 4.92 Å². The maximum absolute atomic E-state index is 13.5. The van der Waals surface area contributed by atoms with Gasteiger partial charge >= 0.3 is 5.69 Å². The number of nitro groups is 1. The van der Waals surface area contributed by atoms with Crippen molar-refractivity contribution >= 4 is 11.4 Å². The summed E-state index contributed by atoms with van der Waals surface area (Å²) in [6.45, 7) is 4.51. The van der Waals surface area contributed by atoms with Crippen LogP contribution in [0.15, 0.2) is 12.1 Å². The Labute approximate surface area is 115 Å². The van der Waals surface area contributed by atoms with Gasteiger partial charge < -0.3 is 10.2 Å². The molecule has 1 aliphatic heterocycles. The third kappa shape index (κ3) is 3.41. The number of hydrogen-bond acceptors (Lipinski definition) is 4. The van der Waals surface area contributed by atoms with E-state index >= 15 is 0 Å². The predicted molar refractivity (Wildman–Crippen MR) is 71.8 cm³/mol. The van der Waals surface area contributed by atoms with Crippen LogP contribution in [-0.2, 0) is 0 Å². The van der Waals surface area contributed by atoms with Crippen molar-refractivity contribution in [1.29, 1.82) is 0 Å². The van der Waals surface area contributed by atoms with Gasteiger partial charge in [0.2, 0.25) is 5.82 Å². The molecule has 110 valence electrons. The molecule has 1 N–H and O–H groups in total. The molecule has 1 fully saturated rings. The summed E-state index contributed by atoms with van der Waals surface area (Å²) in [4.78, 5) is 12.3. The highest BCUT2D eigenvalue weighted by molar-refractivity contribution is 5.62. The van der Waals surface area contributed by atoms with Gasteiger partial charge in [0.1, 0.15) is 11.5 Å². The lowest BCUT2D eigenvalue weighted by atomic mass is 10.2. The average molecular weight is 285 g/mol. The molecule has 5 nitrogen and oxygen atoms in total. The highest BCUT2D eigenvalue weighted by Gasteiger charge is 2.24. The van der Waals surface area contributed by atoms with E-state index in [1.165, 1.54) is 0 Å². The number of halogens is 2. The summed E-state index contributed by atoms with van der Waals surface area (Å²) in [6, 6.07) is 1.35. The van der Waals surface area contributed by atoms with Crippen molar-refractivity contribution in [1.82, 2.24) is 4.90 Å². The molecule has 20 heavy (non-hydrogen) atoms. The first-order valence-corrected chi connectivity index (χ1v) is 6.59. The van der Waals surface area contributed by atoms with Crippen molar-refractivity contribution in [3.8, 4) is 0 Å². The standard InChI is InChI=1S/C13H17F2N3O2/c1-9(8-17-4-2-3-5-17)16-12-7-10(14)6-11(15)13(12)18(19)20/h6-7,9,16H,2-5,8H2,1H3. The predicted octanol–water partition coefficient (Wildman–Crippen LogP) is 2.77. The van der Waals surface area contributed by atoms with Crippen LogP contribution in [0.1, 0.15) is 19.8 Å². The van der Waals surface area contributed by atoms with Crippen molar-refractivity contribution in [2.45, 2.75) is 25.8 Å². The molecule has 0 spiro atoms. The Morgan fingerprint density at radius 3 is 2.65 bits per heavy atom. The minimum atomic E-state index is -1.16. The molecule has 0 aromatic heterocycles. The van der Waals surface area contributed by atoms with Gasteiger partial charge in [-0.2, -0.15) is 4.39 Å². The Balaban J connectivity index is 2.12. The van der Waals surface area contributed by atoms with Crippen molar-refractivity contribution < 1.29 is 13.7 Å². The van der Waals surface area contributed by atoms with E-state index in [-0.39, 0.29) is 11.7 Å². The second kappa shape index (κ2) is 6.13. The van der Waals surface area contributed by atoms with Crippen LogP contribution in [0.4, 0.5) is 20.2 Å². The zero-order valence-corrected chi connectivity index (χ0v) is 11.2. The Morgan fingerprint density at radius 2 is 2.05 bits per heavy atom. The Hall–Kier alpha value is -1.76. The lowest BCUT2D eigenvalue weighted by Gasteiger charge is -2.22. The second-order valence-corrected chi connectivity index (χ2v) is 5.09. The molecule has 7 heteroatoms. The van der Waals surface area contributed by atoms with Crippen molar-refractivity contribution in [2.24, 2.45) is 0 Å². The van der Waals surface area contributed by atoms with Gasteiger partial charge in [0.25, 0.3) is 0 Å². The molecule has 0 bridgehead atoms. The fraction of sp³-hybridized carbons (Fsp3) is 0.538. The molecule has 1 heterocycles. The van der Waals surface area contributed by atoms with Gasteiger partial charge in [-0.3, -0.25) is 10.1 Å². The first-order chi connectivity index (χ1) is 9.47. The summed E-state index contributed by atoms with van der Waals surface area (Å²) in [5, 5.41) is 13.7. The van der Waals surface area contributed by atoms with Crippen LogP contribution in [0, 0.1) is 21.7 Å². The summed E-state index contributed by atoms with van der Waals surface area (Å²) >= 11 is 0. The van der Waals surface area contributed by atoms with Gasteiger partial charge in [0, 0.05) is 24.7 Å². The molecule has 1 aromatic carbocycles. The summed E-state index contributed by atoms with van der Waals surface area (Å²) in [5.41, 5.74) is -0.820. The molecule has 0 amide bonds. The van der Waals surface area contributed by atoms with Gasteiger partial charge in [-0.15, -0.1) is 0 Å². The molecule has 0 saturated carbocycles. The second-order valence-electron chi connectivity index (χ2n) is 5.09. The number of anilines is 1. The highest BCUT2D eigenvalue weighted by atomic mass is 19.1. The number of rotatable bonds is 5. The number of benzene rings is 1. The van der Waals surface area contributed by atoms with Crippen LogP contribution in [-0.4, -0.2) is 35.5 Å². The van der Waals surface area contributed by atoms with E-state index in [1.807, 2.05) is 6.92 Å². The molecule has 1 atom stereocenters. The number of nitro benzene ring substituents is 1. The zero-order chi connectivity index (χ0) is 14.7. The van der Waals surface area contributed by atoms with Crippen molar-refractivity contribution in [2.75, 3.05) is 25.0 Å². The Kier molecular flexibility index (Phi) is 4.49. The van der Waals surface area contributed by atoms with Crippen LogP contribution < -0.4 is 5.32 Å². The third-order valence-electron chi connectivity index (χ3n) is 3.34. The van der Waals surface area contributed by atoms with E-state index in [4.69, 9.17) is 0 Å². The average Bonchev–Trinajstić information content (AvgIpc) is 2.79. The first-order valence-electron chi connectivity index (χ1n) is 6.59. The van der Waals surface area contributed by atoms with Crippen LogP contribution in [0.2, 0.25) is 0 Å². The molecule has 2 rings (SSSR count). The number of hydrogen-bond donors (Lipinski definition) is 1. The van der Waals surface area contributed by atoms with E-state index in [1.54, 1.807) is 0 Å². The van der Waals surface area contributed by atoms with Gasteiger partial charge in [-0.25, -0.2) is 4.39 Å². The van der Waals surface area contributed by atoms with Crippen LogP contribution in [0.5, 0.6) is 0 Å². The summed E-state index contributed by atoms with van der Waals surface area (Å²) < 4.78 is 26.7. The number of nitrogens with one attached hydrogen (secondary N) is 1. The SMILES string of the molecule is CC(CN1CCCC1)Nc1cc(F)cc(F)c1[N+](=O)[O-]. The molecule has 1 unspecified atom stereocenters. The minimum absolute atomic E-state index is 0.112. The summed E-state index contributed by atoms with van der Waals surface area (Å²) in [6.07, 6.45) is 2.28. The van der Waals surface area contributed by atoms with E-state index in [0.29, 0.717) is 12.6 Å². The van der Waals surface area contributed by atoms with Gasteiger partial charge in [0.15, 0.2) is 0 Å². The maximum Gasteiger partial charge on any atom is 0.327 e. The fourth-order valence-corrected chi connectivity index (χ4v) is 2.53. The monoisotopic (exact) mass is 285 g/mol. The zero-order valence-electron chi connectivity index (χ0n) is 11.2. The molecule has 1 aliphatic rings. The minimum Gasteiger partial charge on any atom is -0.376 e. The normalized spacial score (nSPS) is 17.1. The molecule has 1 saturated heterocycles. The van der Waals surface area contributed by atoms with Crippen LogP contribution >= 0.6 is 0 Å². The summed E-state index contributed by atoms with van der Waals surface area (Å²) in [7, 11) is 0. The number of nitrogens with zero attached hydrogens (tertiary/aromatic N) is 2. The topological polar surface area (TPSA) is 58.4 Å². The molecular formula is C13H17F2N3O2. The van der Waals surface area contributed by atoms with E-state index in [9.17, 15) is 18.9 Å². The quantitative estimate of drug-likeness (QED) is 0.667. The lowest BCUT2D eigenvalue weighted by Crippen LogP contribution is -2.33. The van der Waals surface area contributed by atoms with E-state index in [2.05, 4.69) is 10.2 Å². The molecule has 0 radical (unpaired) electrons. The lowest BCUT2D eigenvalue weighted by molar-refractivity contribution is -0.386. The van der Waals surface area contributed by atoms with Crippen LogP contribution in [0.3, 0.4) is 0 Å². The smallest absolute Gasteiger partial charge is 0.327 e. The highest BCUT2D eigenvalue weighted by Crippen LogP contribution is 2.29. The molecular weight excluding hydrogens is 268 g/mol. The van der Waals surface area contributed by atoms with Crippen molar-refractivity contribution in [3.05, 3.63) is 33.9 Å². The van der Waals surface area contributed by atoms with Crippen LogP contribution in [0.25, 0.3) is 0 Å². The third-order valence-corrected chi connectivity index (χ3v) is 3.34. The van der Waals surface area contributed by atoms with Gasteiger partial charge in [-0.05, 0) is 32.9 Å². The Morgan fingerprint density at radius 1 is 1.40 bits per heavy atom.